The third-order valence-corrected chi connectivity index (χ3v) is 5.49. The van der Waals surface area contributed by atoms with Crippen LogP contribution >= 0.6 is 0 Å². The second kappa shape index (κ2) is 10.8. The average Bonchev–Trinajstić information content (AvgIpc) is 3.11. The number of nitrogens with zero attached hydrogens (tertiary/aromatic N) is 2. The number of rotatable bonds is 10. The Morgan fingerprint density at radius 2 is 1.69 bits per heavy atom. The molecule has 1 aliphatic rings. The summed E-state index contributed by atoms with van der Waals surface area (Å²) in [6.07, 6.45) is 1.73. The fourth-order valence-electron chi connectivity index (χ4n) is 3.74. The molecule has 1 aliphatic heterocycles. The van der Waals surface area contributed by atoms with E-state index in [0.29, 0.717) is 31.0 Å². The highest BCUT2D eigenvalue weighted by Crippen LogP contribution is 2.28. The number of hydrogen-bond donors (Lipinski definition) is 0. The molecule has 0 N–H and O–H groups in total. The summed E-state index contributed by atoms with van der Waals surface area (Å²) in [7, 11) is 1.61. The molecule has 7 heteroatoms. The van der Waals surface area contributed by atoms with Crippen molar-refractivity contribution < 1.29 is 23.9 Å². The zero-order valence-electron chi connectivity index (χ0n) is 18.9. The van der Waals surface area contributed by atoms with Crippen LogP contribution in [0.2, 0.25) is 0 Å². The topological polar surface area (TPSA) is 76.2 Å². The predicted octanol–water partition coefficient (Wildman–Crippen LogP) is 3.60. The molecule has 0 unspecified atom stereocenters. The largest absolute Gasteiger partial charge is 0.497 e. The van der Waals surface area contributed by atoms with E-state index in [1.165, 1.54) is 4.90 Å². The van der Waals surface area contributed by atoms with Gasteiger partial charge in [-0.05, 0) is 54.8 Å². The maximum absolute atomic E-state index is 13.2. The highest BCUT2D eigenvalue weighted by Gasteiger charge is 2.43. The van der Waals surface area contributed by atoms with Crippen LogP contribution in [0, 0.1) is 0 Å². The van der Waals surface area contributed by atoms with E-state index in [2.05, 4.69) is 0 Å². The van der Waals surface area contributed by atoms with Crippen molar-refractivity contribution >= 4 is 23.4 Å². The van der Waals surface area contributed by atoms with Gasteiger partial charge in [-0.1, -0.05) is 26.0 Å². The summed E-state index contributed by atoms with van der Waals surface area (Å²) in [6.45, 7) is 4.75. The average molecular weight is 439 g/mol. The molecule has 3 amide bonds. The first-order chi connectivity index (χ1) is 15.5. The van der Waals surface area contributed by atoms with Crippen molar-refractivity contribution in [2.75, 3.05) is 25.2 Å². The first-order valence-electron chi connectivity index (χ1n) is 11.0. The zero-order valence-corrected chi connectivity index (χ0v) is 18.9. The van der Waals surface area contributed by atoms with Crippen molar-refractivity contribution in [3.63, 3.8) is 0 Å². The van der Waals surface area contributed by atoms with Crippen LogP contribution in [0.3, 0.4) is 0 Å². The van der Waals surface area contributed by atoms with Gasteiger partial charge in [0.05, 0.1) is 25.8 Å². The molecule has 1 saturated heterocycles. The summed E-state index contributed by atoms with van der Waals surface area (Å²) in [5, 5.41) is 0. The van der Waals surface area contributed by atoms with Gasteiger partial charge in [-0.3, -0.25) is 14.4 Å². The van der Waals surface area contributed by atoms with Crippen LogP contribution in [-0.2, 0) is 20.8 Å². The Balaban J connectivity index is 1.73. The molecule has 0 aromatic heterocycles. The first-order valence-corrected chi connectivity index (χ1v) is 11.0. The van der Waals surface area contributed by atoms with E-state index >= 15 is 0 Å². The highest BCUT2D eigenvalue weighted by molar-refractivity contribution is 6.23. The van der Waals surface area contributed by atoms with Crippen LogP contribution in [0.25, 0.3) is 0 Å². The van der Waals surface area contributed by atoms with Gasteiger partial charge in [0.15, 0.2) is 0 Å². The molecule has 0 saturated carbocycles. The number of anilines is 1. The number of methoxy groups -OCH3 is 1. The predicted molar refractivity (Wildman–Crippen MR) is 122 cm³/mol. The van der Waals surface area contributed by atoms with Gasteiger partial charge in [0.2, 0.25) is 11.8 Å². The van der Waals surface area contributed by atoms with Crippen LogP contribution in [-0.4, -0.2) is 48.9 Å². The molecule has 3 rings (SSSR count). The summed E-state index contributed by atoms with van der Waals surface area (Å²) in [5.74, 6) is 0.631. The third kappa shape index (κ3) is 5.28. The van der Waals surface area contributed by atoms with Gasteiger partial charge in [-0.2, -0.15) is 0 Å². The molecule has 1 atom stereocenters. The van der Waals surface area contributed by atoms with Crippen LogP contribution < -0.4 is 14.4 Å². The summed E-state index contributed by atoms with van der Waals surface area (Å²) >= 11 is 0. The van der Waals surface area contributed by atoms with Gasteiger partial charge >= 0.3 is 0 Å². The smallest absolute Gasteiger partial charge is 0.257 e. The normalized spacial score (nSPS) is 15.7. The SMILES string of the molecule is CCCOc1ccc(N2C(=O)C[C@H](N(CCc3ccc(OC)cc3)C(=O)CC)C2=O)cc1. The number of carbonyl (C=O) groups excluding carboxylic acids is 3. The maximum Gasteiger partial charge on any atom is 0.257 e. The van der Waals surface area contributed by atoms with Gasteiger partial charge in [0, 0.05) is 13.0 Å². The van der Waals surface area contributed by atoms with Crippen LogP contribution in [0.4, 0.5) is 5.69 Å². The van der Waals surface area contributed by atoms with E-state index in [-0.39, 0.29) is 30.6 Å². The van der Waals surface area contributed by atoms with E-state index in [1.54, 1.807) is 43.2 Å². The lowest BCUT2D eigenvalue weighted by Crippen LogP contribution is -2.46. The van der Waals surface area contributed by atoms with Crippen molar-refractivity contribution in [3.05, 3.63) is 54.1 Å². The van der Waals surface area contributed by atoms with Gasteiger partial charge in [-0.15, -0.1) is 0 Å². The van der Waals surface area contributed by atoms with Crippen molar-refractivity contribution in [1.29, 1.82) is 0 Å². The van der Waals surface area contributed by atoms with Crippen LogP contribution in [0.5, 0.6) is 11.5 Å². The number of hydrogen-bond acceptors (Lipinski definition) is 5. The standard InChI is InChI=1S/C25H30N2O5/c1-4-16-32-21-12-8-19(9-13-21)27-24(29)17-22(25(27)30)26(23(28)5-2)15-14-18-6-10-20(31-3)11-7-18/h6-13,22H,4-5,14-17H2,1-3H3/t22-/m0/s1. The molecular formula is C25H30N2O5. The van der Waals surface area contributed by atoms with Crippen LogP contribution in [0.15, 0.2) is 48.5 Å². The Morgan fingerprint density at radius 1 is 1.03 bits per heavy atom. The Kier molecular flexibility index (Phi) is 7.87. The number of amides is 3. The van der Waals surface area contributed by atoms with E-state index in [1.807, 2.05) is 31.2 Å². The molecule has 7 nitrogen and oxygen atoms in total. The number of ether oxygens (including phenoxy) is 2. The van der Waals surface area contributed by atoms with Crippen molar-refractivity contribution in [2.24, 2.45) is 0 Å². The molecule has 0 bridgehead atoms. The maximum atomic E-state index is 13.2. The van der Waals surface area contributed by atoms with E-state index in [9.17, 15) is 14.4 Å². The minimum absolute atomic E-state index is 0.0126. The molecule has 170 valence electrons. The first kappa shape index (κ1) is 23.3. The van der Waals surface area contributed by atoms with Gasteiger partial charge in [0.25, 0.3) is 5.91 Å². The summed E-state index contributed by atoms with van der Waals surface area (Å²) in [6, 6.07) is 13.7. The molecule has 0 spiro atoms. The quantitative estimate of drug-likeness (QED) is 0.530. The van der Waals surface area contributed by atoms with Gasteiger partial charge < -0.3 is 14.4 Å². The molecule has 32 heavy (non-hydrogen) atoms. The second-order valence-corrected chi connectivity index (χ2v) is 7.67. The minimum atomic E-state index is -0.788. The fraction of sp³-hybridized carbons (Fsp3) is 0.400. The number of imide groups is 1. The molecule has 0 aliphatic carbocycles. The molecule has 1 fully saturated rings. The van der Waals surface area contributed by atoms with Gasteiger partial charge in [-0.25, -0.2) is 4.90 Å². The monoisotopic (exact) mass is 438 g/mol. The van der Waals surface area contributed by atoms with Crippen molar-refractivity contribution in [2.45, 2.75) is 45.6 Å². The number of carbonyl (C=O) groups is 3. The molecule has 0 radical (unpaired) electrons. The number of benzene rings is 2. The van der Waals surface area contributed by atoms with Crippen molar-refractivity contribution in [3.8, 4) is 11.5 Å². The summed E-state index contributed by atoms with van der Waals surface area (Å²) in [4.78, 5) is 41.3. The second-order valence-electron chi connectivity index (χ2n) is 7.67. The van der Waals surface area contributed by atoms with Crippen molar-refractivity contribution in [1.82, 2.24) is 4.90 Å². The summed E-state index contributed by atoms with van der Waals surface area (Å²) in [5.41, 5.74) is 1.52. The molecule has 1 heterocycles. The van der Waals surface area contributed by atoms with Gasteiger partial charge in [0.1, 0.15) is 17.5 Å². The summed E-state index contributed by atoms with van der Waals surface area (Å²) < 4.78 is 10.7. The third-order valence-electron chi connectivity index (χ3n) is 5.49. The van der Waals surface area contributed by atoms with E-state index < -0.39 is 6.04 Å². The molecule has 2 aromatic rings. The lowest BCUT2D eigenvalue weighted by atomic mass is 10.1. The zero-order chi connectivity index (χ0) is 23.1. The van der Waals surface area contributed by atoms with Crippen LogP contribution in [0.1, 0.15) is 38.7 Å². The Hall–Kier alpha value is -3.35. The Bertz CT molecular complexity index is 940. The Morgan fingerprint density at radius 3 is 2.28 bits per heavy atom. The lowest BCUT2D eigenvalue weighted by molar-refractivity contribution is -0.138. The molecular weight excluding hydrogens is 408 g/mol. The Labute approximate surface area is 188 Å². The van der Waals surface area contributed by atoms with E-state index in [4.69, 9.17) is 9.47 Å². The minimum Gasteiger partial charge on any atom is -0.497 e. The van der Waals surface area contributed by atoms with E-state index in [0.717, 1.165) is 17.7 Å². The fourth-order valence-corrected chi connectivity index (χ4v) is 3.74. The lowest BCUT2D eigenvalue weighted by Gasteiger charge is -2.27. The highest BCUT2D eigenvalue weighted by atomic mass is 16.5. The molecule has 2 aromatic carbocycles.